The number of piperidine rings is 1. The van der Waals surface area contributed by atoms with E-state index in [0.717, 1.165) is 31.6 Å². The maximum atomic E-state index is 12.0. The molecule has 0 aliphatic carbocycles. The molecule has 0 radical (unpaired) electrons. The summed E-state index contributed by atoms with van der Waals surface area (Å²) < 4.78 is 25.1. The van der Waals surface area contributed by atoms with Gasteiger partial charge >= 0.3 is 0 Å². The smallest absolute Gasteiger partial charge is 0.244 e. The number of aliphatic hydroxyl groups excluding tert-OH is 1. The molecule has 2 rings (SSSR count). The van der Waals surface area contributed by atoms with Gasteiger partial charge in [-0.05, 0) is 31.4 Å². The summed E-state index contributed by atoms with van der Waals surface area (Å²) in [5, 5.41) is 9.41. The van der Waals surface area contributed by atoms with Gasteiger partial charge in [0.15, 0.2) is 0 Å². The Hall–Kier alpha value is -1.18. The van der Waals surface area contributed by atoms with Crippen molar-refractivity contribution in [2.45, 2.75) is 30.2 Å². The van der Waals surface area contributed by atoms with Gasteiger partial charge in [0.25, 0.3) is 0 Å². The van der Waals surface area contributed by atoms with E-state index in [4.69, 9.17) is 0 Å². The predicted molar refractivity (Wildman–Crippen MR) is 77.2 cm³/mol. The molecule has 1 atom stereocenters. The van der Waals surface area contributed by atoms with E-state index < -0.39 is 10.0 Å². The maximum absolute atomic E-state index is 12.0. The molecule has 1 aromatic rings. The summed E-state index contributed by atoms with van der Waals surface area (Å²) in [7, 11) is -0.449. The van der Waals surface area contributed by atoms with E-state index in [0.29, 0.717) is 0 Å². The summed E-state index contributed by atoms with van der Waals surface area (Å²) in [6.07, 6.45) is 4.49. The van der Waals surface area contributed by atoms with Gasteiger partial charge in [-0.3, -0.25) is 0 Å². The predicted octanol–water partition coefficient (Wildman–Crippen LogP) is 0.683. The zero-order chi connectivity index (χ0) is 14.8. The highest BCUT2D eigenvalue weighted by atomic mass is 32.2. The Morgan fingerprint density at radius 3 is 2.70 bits per heavy atom. The van der Waals surface area contributed by atoms with Crippen LogP contribution in [0.15, 0.2) is 23.2 Å². The van der Waals surface area contributed by atoms with Gasteiger partial charge in [-0.25, -0.2) is 17.7 Å². The molecule has 0 spiro atoms. The first-order valence-corrected chi connectivity index (χ1v) is 8.17. The van der Waals surface area contributed by atoms with Crippen LogP contribution in [-0.4, -0.2) is 56.1 Å². The third-order valence-electron chi connectivity index (χ3n) is 3.63. The Kier molecular flexibility index (Phi) is 4.62. The van der Waals surface area contributed by atoms with Crippen molar-refractivity contribution in [2.24, 2.45) is 0 Å². The van der Waals surface area contributed by atoms with E-state index in [1.54, 1.807) is 12.1 Å². The SMILES string of the molecule is CN(C)S(=O)(=O)c1ccc(N2CCCCC2CO)nc1. The zero-order valence-electron chi connectivity index (χ0n) is 11.9. The lowest BCUT2D eigenvalue weighted by molar-refractivity contribution is 0.239. The summed E-state index contributed by atoms with van der Waals surface area (Å²) in [5.74, 6) is 0.724. The summed E-state index contributed by atoms with van der Waals surface area (Å²) in [5.41, 5.74) is 0. The number of rotatable bonds is 4. The molecule has 1 saturated heterocycles. The second kappa shape index (κ2) is 6.07. The van der Waals surface area contributed by atoms with Crippen LogP contribution in [-0.2, 0) is 10.0 Å². The lowest BCUT2D eigenvalue weighted by Gasteiger charge is -2.35. The molecule has 7 heteroatoms. The standard InChI is InChI=1S/C13H21N3O3S/c1-15(2)20(18,19)12-6-7-13(14-9-12)16-8-4-3-5-11(16)10-17/h6-7,9,11,17H,3-5,8,10H2,1-2H3. The van der Waals surface area contributed by atoms with Gasteiger partial charge in [0.2, 0.25) is 10.0 Å². The van der Waals surface area contributed by atoms with Gasteiger partial charge in [0.1, 0.15) is 10.7 Å². The minimum atomic E-state index is -3.44. The number of aliphatic hydroxyl groups is 1. The fourth-order valence-corrected chi connectivity index (χ4v) is 3.25. The number of nitrogens with zero attached hydrogens (tertiary/aromatic N) is 3. The average Bonchev–Trinajstić information content (AvgIpc) is 2.47. The van der Waals surface area contributed by atoms with Crippen LogP contribution in [0.5, 0.6) is 0 Å². The van der Waals surface area contributed by atoms with Gasteiger partial charge in [0, 0.05) is 26.8 Å². The fourth-order valence-electron chi connectivity index (χ4n) is 2.40. The van der Waals surface area contributed by atoms with Crippen LogP contribution in [0.4, 0.5) is 5.82 Å². The van der Waals surface area contributed by atoms with Crippen molar-refractivity contribution in [2.75, 3.05) is 32.1 Å². The molecule has 1 aromatic heterocycles. The number of anilines is 1. The summed E-state index contributed by atoms with van der Waals surface area (Å²) in [6, 6.07) is 3.36. The Morgan fingerprint density at radius 1 is 1.40 bits per heavy atom. The second-order valence-electron chi connectivity index (χ2n) is 5.17. The minimum absolute atomic E-state index is 0.0764. The molecule has 1 unspecified atom stereocenters. The summed E-state index contributed by atoms with van der Waals surface area (Å²) >= 11 is 0. The van der Waals surface area contributed by atoms with E-state index in [1.165, 1.54) is 24.6 Å². The molecule has 6 nitrogen and oxygen atoms in total. The first-order chi connectivity index (χ1) is 9.46. The van der Waals surface area contributed by atoms with Gasteiger partial charge in [-0.2, -0.15) is 0 Å². The highest BCUT2D eigenvalue weighted by Gasteiger charge is 2.24. The normalized spacial score (nSPS) is 20.4. The topological polar surface area (TPSA) is 73.7 Å². The molecule has 1 aliphatic rings. The van der Waals surface area contributed by atoms with Crippen LogP contribution in [0.25, 0.3) is 0 Å². The van der Waals surface area contributed by atoms with Gasteiger partial charge in [-0.1, -0.05) is 0 Å². The van der Waals surface area contributed by atoms with Crippen molar-refractivity contribution in [3.05, 3.63) is 18.3 Å². The highest BCUT2D eigenvalue weighted by Crippen LogP contribution is 2.24. The zero-order valence-corrected chi connectivity index (χ0v) is 12.7. The van der Waals surface area contributed by atoms with E-state index in [-0.39, 0.29) is 17.5 Å². The Balaban J connectivity index is 2.24. The minimum Gasteiger partial charge on any atom is -0.394 e. The number of sulfonamides is 1. The largest absolute Gasteiger partial charge is 0.394 e. The third kappa shape index (κ3) is 2.94. The van der Waals surface area contributed by atoms with Crippen molar-refractivity contribution >= 4 is 15.8 Å². The first kappa shape index (κ1) is 15.2. The molecule has 2 heterocycles. The Labute approximate surface area is 120 Å². The van der Waals surface area contributed by atoms with E-state index in [1.807, 2.05) is 0 Å². The fraction of sp³-hybridized carbons (Fsp3) is 0.615. The van der Waals surface area contributed by atoms with Crippen molar-refractivity contribution in [3.8, 4) is 0 Å². The van der Waals surface area contributed by atoms with Crippen LogP contribution in [0.1, 0.15) is 19.3 Å². The average molecular weight is 299 g/mol. The van der Waals surface area contributed by atoms with Crippen LogP contribution in [0.2, 0.25) is 0 Å². The van der Waals surface area contributed by atoms with Gasteiger partial charge < -0.3 is 10.0 Å². The van der Waals surface area contributed by atoms with Crippen LogP contribution < -0.4 is 4.90 Å². The second-order valence-corrected chi connectivity index (χ2v) is 7.32. The monoisotopic (exact) mass is 299 g/mol. The molecule has 0 bridgehead atoms. The highest BCUT2D eigenvalue weighted by molar-refractivity contribution is 7.89. The number of hydrogen-bond donors (Lipinski definition) is 1. The van der Waals surface area contributed by atoms with Gasteiger partial charge in [0.05, 0.1) is 12.6 Å². The van der Waals surface area contributed by atoms with Crippen molar-refractivity contribution in [1.82, 2.24) is 9.29 Å². The molecule has 1 N–H and O–H groups in total. The summed E-state index contributed by atoms with van der Waals surface area (Å²) in [6.45, 7) is 0.942. The lowest BCUT2D eigenvalue weighted by Crippen LogP contribution is -2.42. The Morgan fingerprint density at radius 2 is 2.15 bits per heavy atom. The molecule has 1 fully saturated rings. The molecule has 1 aliphatic heterocycles. The molecule has 0 saturated carbocycles. The summed E-state index contributed by atoms with van der Waals surface area (Å²) in [4.78, 5) is 6.49. The molecule has 0 aromatic carbocycles. The quantitative estimate of drug-likeness (QED) is 0.885. The van der Waals surface area contributed by atoms with E-state index in [2.05, 4.69) is 9.88 Å². The van der Waals surface area contributed by atoms with Crippen LogP contribution >= 0.6 is 0 Å². The molecule has 112 valence electrons. The Bertz CT molecular complexity index is 542. The van der Waals surface area contributed by atoms with Crippen molar-refractivity contribution in [1.29, 1.82) is 0 Å². The molecular formula is C13H21N3O3S. The molecule has 0 amide bonds. The van der Waals surface area contributed by atoms with E-state index in [9.17, 15) is 13.5 Å². The van der Waals surface area contributed by atoms with Crippen LogP contribution in [0, 0.1) is 0 Å². The molecular weight excluding hydrogens is 278 g/mol. The van der Waals surface area contributed by atoms with Crippen molar-refractivity contribution in [3.63, 3.8) is 0 Å². The first-order valence-electron chi connectivity index (χ1n) is 6.73. The third-order valence-corrected chi connectivity index (χ3v) is 5.43. The maximum Gasteiger partial charge on any atom is 0.244 e. The molecule has 20 heavy (non-hydrogen) atoms. The lowest BCUT2D eigenvalue weighted by atomic mass is 10.0. The van der Waals surface area contributed by atoms with Crippen LogP contribution in [0.3, 0.4) is 0 Å². The van der Waals surface area contributed by atoms with E-state index >= 15 is 0 Å². The number of pyridine rings is 1. The van der Waals surface area contributed by atoms with Crippen molar-refractivity contribution < 1.29 is 13.5 Å². The number of aromatic nitrogens is 1. The van der Waals surface area contributed by atoms with Gasteiger partial charge in [-0.15, -0.1) is 0 Å². The number of hydrogen-bond acceptors (Lipinski definition) is 5.